The molecule has 9 nitrogen and oxygen atoms in total. The molecule has 138 valence electrons. The van der Waals surface area contributed by atoms with Crippen LogP contribution in [0.4, 0.5) is 0 Å². The Morgan fingerprint density at radius 2 is 2.15 bits per heavy atom. The van der Waals surface area contributed by atoms with Gasteiger partial charge >= 0.3 is 0 Å². The van der Waals surface area contributed by atoms with Crippen molar-refractivity contribution in [3.05, 3.63) is 54.0 Å². The van der Waals surface area contributed by atoms with E-state index in [1.165, 1.54) is 11.0 Å². The number of tetrazole rings is 1. The van der Waals surface area contributed by atoms with Gasteiger partial charge in [0.25, 0.3) is 5.91 Å². The van der Waals surface area contributed by atoms with E-state index in [0.29, 0.717) is 24.5 Å². The molecule has 0 spiro atoms. The number of piperidine rings is 1. The van der Waals surface area contributed by atoms with Gasteiger partial charge in [0.15, 0.2) is 0 Å². The number of hydrogen-bond acceptors (Lipinski definition) is 7. The summed E-state index contributed by atoms with van der Waals surface area (Å²) in [5.74, 6) is 0.453. The Morgan fingerprint density at radius 3 is 2.93 bits per heavy atom. The Morgan fingerprint density at radius 1 is 1.22 bits per heavy atom. The largest absolute Gasteiger partial charge is 0.471 e. The molecular weight excluding hydrogens is 346 g/mol. The average Bonchev–Trinajstić information content (AvgIpc) is 3.24. The van der Waals surface area contributed by atoms with Gasteiger partial charge in [0.1, 0.15) is 12.4 Å². The summed E-state index contributed by atoms with van der Waals surface area (Å²) in [5.41, 5.74) is 2.18. The summed E-state index contributed by atoms with van der Waals surface area (Å²) in [5, 5.41) is 19.2. The fourth-order valence-electron chi connectivity index (χ4n) is 3.08. The van der Waals surface area contributed by atoms with Gasteiger partial charge in [-0.05, 0) is 54.5 Å². The first kappa shape index (κ1) is 17.1. The van der Waals surface area contributed by atoms with E-state index < -0.39 is 0 Å². The number of carbonyl (C=O) groups is 1. The number of aromatic nitrogens is 6. The van der Waals surface area contributed by atoms with Gasteiger partial charge in [0.05, 0.1) is 17.9 Å². The molecular formula is C18H19N7O2. The average molecular weight is 365 g/mol. The topological polar surface area (TPSA) is 98.9 Å². The first-order valence-corrected chi connectivity index (χ1v) is 8.79. The molecule has 27 heavy (non-hydrogen) atoms. The summed E-state index contributed by atoms with van der Waals surface area (Å²) in [4.78, 5) is 14.8. The number of hydrogen-bond donors (Lipinski definition) is 0. The lowest BCUT2D eigenvalue weighted by Gasteiger charge is -2.32. The highest BCUT2D eigenvalue weighted by Crippen LogP contribution is 2.19. The lowest BCUT2D eigenvalue weighted by Crippen LogP contribution is -2.44. The van der Waals surface area contributed by atoms with Crippen LogP contribution in [0.2, 0.25) is 0 Å². The van der Waals surface area contributed by atoms with E-state index in [4.69, 9.17) is 4.74 Å². The maximum absolute atomic E-state index is 12.9. The molecule has 2 aromatic heterocycles. The Hall–Kier alpha value is -3.36. The molecule has 0 bridgehead atoms. The number of carbonyl (C=O) groups excluding carboxylic acids is 1. The predicted molar refractivity (Wildman–Crippen MR) is 95.5 cm³/mol. The second kappa shape index (κ2) is 7.48. The Balaban J connectivity index is 1.45. The number of rotatable bonds is 4. The van der Waals surface area contributed by atoms with Crippen molar-refractivity contribution in [1.29, 1.82) is 0 Å². The molecule has 1 aliphatic rings. The zero-order valence-corrected chi connectivity index (χ0v) is 14.9. The van der Waals surface area contributed by atoms with E-state index in [9.17, 15) is 4.79 Å². The number of likely N-dealkylation sites (tertiary alicyclic amines) is 1. The Bertz CT molecular complexity index is 912. The van der Waals surface area contributed by atoms with Crippen LogP contribution in [0.15, 0.2) is 42.7 Å². The van der Waals surface area contributed by atoms with Crippen LogP contribution in [0.1, 0.15) is 28.9 Å². The van der Waals surface area contributed by atoms with Crippen molar-refractivity contribution >= 4 is 5.91 Å². The molecule has 1 saturated heterocycles. The van der Waals surface area contributed by atoms with Crippen LogP contribution in [-0.2, 0) is 0 Å². The van der Waals surface area contributed by atoms with Crippen LogP contribution < -0.4 is 4.74 Å². The molecule has 1 unspecified atom stereocenters. The molecule has 1 amide bonds. The number of nitrogens with zero attached hydrogens (tertiary/aromatic N) is 7. The molecule has 1 aliphatic heterocycles. The fraction of sp³-hybridized carbons (Fsp3) is 0.333. The van der Waals surface area contributed by atoms with Crippen LogP contribution >= 0.6 is 0 Å². The van der Waals surface area contributed by atoms with Crippen molar-refractivity contribution in [3.63, 3.8) is 0 Å². The fourth-order valence-corrected chi connectivity index (χ4v) is 3.08. The highest BCUT2D eigenvalue weighted by Gasteiger charge is 2.26. The van der Waals surface area contributed by atoms with Gasteiger partial charge in [-0.2, -0.15) is 5.10 Å². The van der Waals surface area contributed by atoms with Gasteiger partial charge in [-0.3, -0.25) is 4.79 Å². The third-order valence-corrected chi connectivity index (χ3v) is 4.43. The molecule has 3 aromatic rings. The molecule has 1 fully saturated rings. The summed E-state index contributed by atoms with van der Waals surface area (Å²) < 4.78 is 7.43. The number of aryl methyl sites for hydroxylation is 1. The molecule has 0 N–H and O–H groups in total. The zero-order chi connectivity index (χ0) is 18.6. The quantitative estimate of drug-likeness (QED) is 0.690. The smallest absolute Gasteiger partial charge is 0.254 e. The van der Waals surface area contributed by atoms with Crippen molar-refractivity contribution in [1.82, 2.24) is 35.3 Å². The minimum absolute atomic E-state index is 0.0341. The third-order valence-electron chi connectivity index (χ3n) is 4.43. The maximum Gasteiger partial charge on any atom is 0.254 e. The zero-order valence-electron chi connectivity index (χ0n) is 14.9. The minimum atomic E-state index is -0.0950. The molecule has 9 heteroatoms. The number of benzene rings is 1. The van der Waals surface area contributed by atoms with E-state index in [2.05, 4.69) is 25.7 Å². The summed E-state index contributed by atoms with van der Waals surface area (Å²) in [7, 11) is 0. The van der Waals surface area contributed by atoms with E-state index in [-0.39, 0.29) is 12.0 Å². The molecule has 1 atom stereocenters. The van der Waals surface area contributed by atoms with E-state index >= 15 is 0 Å². The second-order valence-electron chi connectivity index (χ2n) is 6.45. The molecule has 0 radical (unpaired) electrons. The van der Waals surface area contributed by atoms with Gasteiger partial charge in [-0.1, -0.05) is 6.07 Å². The summed E-state index contributed by atoms with van der Waals surface area (Å²) in [6.45, 7) is 3.10. The third kappa shape index (κ3) is 3.91. The van der Waals surface area contributed by atoms with Gasteiger partial charge in [-0.15, -0.1) is 10.2 Å². The first-order chi connectivity index (χ1) is 13.2. The van der Waals surface area contributed by atoms with Gasteiger partial charge in [0, 0.05) is 18.2 Å². The molecule has 0 saturated carbocycles. The van der Waals surface area contributed by atoms with Crippen molar-refractivity contribution in [2.75, 3.05) is 13.1 Å². The summed E-state index contributed by atoms with van der Waals surface area (Å²) in [6, 6.07) is 10.9. The SMILES string of the molecule is Cc1ccc(OC2CCCN(C(=O)c3cccc(-n4cnnn4)c3)C2)nn1. The molecule has 0 aliphatic carbocycles. The van der Waals surface area contributed by atoms with E-state index in [1.807, 2.05) is 30.0 Å². The predicted octanol–water partition coefficient (Wildman–Crippen LogP) is 1.44. The monoisotopic (exact) mass is 365 g/mol. The van der Waals surface area contributed by atoms with E-state index in [0.717, 1.165) is 24.2 Å². The van der Waals surface area contributed by atoms with Gasteiger partial charge < -0.3 is 9.64 Å². The Kier molecular flexibility index (Phi) is 4.73. The lowest BCUT2D eigenvalue weighted by molar-refractivity contribution is 0.0525. The number of ether oxygens (including phenoxy) is 1. The van der Waals surface area contributed by atoms with Crippen LogP contribution in [0.5, 0.6) is 5.88 Å². The highest BCUT2D eigenvalue weighted by atomic mass is 16.5. The van der Waals surface area contributed by atoms with Gasteiger partial charge in [-0.25, -0.2) is 4.68 Å². The van der Waals surface area contributed by atoms with Crippen LogP contribution in [0.25, 0.3) is 5.69 Å². The van der Waals surface area contributed by atoms with Crippen molar-refractivity contribution in [3.8, 4) is 11.6 Å². The molecule has 3 heterocycles. The maximum atomic E-state index is 12.9. The van der Waals surface area contributed by atoms with Crippen LogP contribution in [0.3, 0.4) is 0 Å². The standard InChI is InChI=1S/C18H19N7O2/c1-13-7-8-17(21-20-13)27-16-6-3-9-24(11-16)18(26)14-4-2-5-15(10-14)25-12-19-22-23-25/h2,4-5,7-8,10,12,16H,3,6,9,11H2,1H3. The number of amides is 1. The van der Waals surface area contributed by atoms with Crippen LogP contribution in [-0.4, -0.2) is 60.4 Å². The molecule has 1 aromatic carbocycles. The van der Waals surface area contributed by atoms with E-state index in [1.54, 1.807) is 18.2 Å². The first-order valence-electron chi connectivity index (χ1n) is 8.79. The minimum Gasteiger partial charge on any atom is -0.471 e. The summed E-state index contributed by atoms with van der Waals surface area (Å²) >= 11 is 0. The normalized spacial score (nSPS) is 16.9. The van der Waals surface area contributed by atoms with Crippen molar-refractivity contribution in [2.24, 2.45) is 0 Å². The molecule has 4 rings (SSSR count). The Labute approximate surface area is 156 Å². The van der Waals surface area contributed by atoms with Crippen LogP contribution in [0, 0.1) is 6.92 Å². The van der Waals surface area contributed by atoms with Crippen molar-refractivity contribution in [2.45, 2.75) is 25.9 Å². The summed E-state index contributed by atoms with van der Waals surface area (Å²) in [6.07, 6.45) is 3.16. The van der Waals surface area contributed by atoms with Gasteiger partial charge in [0.2, 0.25) is 5.88 Å². The van der Waals surface area contributed by atoms with Crippen molar-refractivity contribution < 1.29 is 9.53 Å². The lowest BCUT2D eigenvalue weighted by atomic mass is 10.1. The second-order valence-corrected chi connectivity index (χ2v) is 6.45. The highest BCUT2D eigenvalue weighted by molar-refractivity contribution is 5.94.